The molecule has 8 heteroatoms. The molecule has 2 aromatic carbocycles. The highest BCUT2D eigenvalue weighted by molar-refractivity contribution is 7.94. The fourth-order valence-electron chi connectivity index (χ4n) is 2.06. The molecular weight excluding hydrogens is 336 g/mol. The molecule has 1 aromatic heterocycles. The molecule has 3 aromatic rings. The molecule has 0 radical (unpaired) electrons. The zero-order chi connectivity index (χ0) is 17.2. The van der Waals surface area contributed by atoms with Crippen molar-refractivity contribution >= 4 is 15.7 Å². The van der Waals surface area contributed by atoms with Gasteiger partial charge in [0.25, 0.3) is 0 Å². The summed E-state index contributed by atoms with van der Waals surface area (Å²) in [7, 11) is -3.94. The third-order valence-electron chi connectivity index (χ3n) is 3.21. The van der Waals surface area contributed by atoms with Crippen molar-refractivity contribution in [3.63, 3.8) is 0 Å². The first-order valence-electron chi connectivity index (χ1n) is 6.93. The summed E-state index contributed by atoms with van der Waals surface area (Å²) in [6.07, 6.45) is 2.77. The van der Waals surface area contributed by atoms with Crippen LogP contribution in [0.4, 0.5) is 14.5 Å². The van der Waals surface area contributed by atoms with Crippen LogP contribution in [0.5, 0.6) is 0 Å². The van der Waals surface area contributed by atoms with Gasteiger partial charge in [0.15, 0.2) is 0 Å². The van der Waals surface area contributed by atoms with Crippen molar-refractivity contribution in [2.45, 2.75) is 11.4 Å². The van der Waals surface area contributed by atoms with Crippen molar-refractivity contribution in [3.05, 3.63) is 82.8 Å². The van der Waals surface area contributed by atoms with Gasteiger partial charge in [-0.15, -0.1) is 0 Å². The van der Waals surface area contributed by atoms with Gasteiger partial charge >= 0.3 is 0 Å². The monoisotopic (exact) mass is 348 g/mol. The summed E-state index contributed by atoms with van der Waals surface area (Å²) in [6, 6.07) is 10.3. The van der Waals surface area contributed by atoms with Gasteiger partial charge in [-0.2, -0.15) is 5.10 Å². The number of aromatic nitrogens is 2. The van der Waals surface area contributed by atoms with Crippen molar-refractivity contribution in [2.75, 3.05) is 0 Å². The van der Waals surface area contributed by atoms with Gasteiger partial charge in [-0.25, -0.2) is 17.2 Å². The maximum Gasteiger partial charge on any atom is 0.123 e. The van der Waals surface area contributed by atoms with Gasteiger partial charge in [0.1, 0.15) is 21.7 Å². The van der Waals surface area contributed by atoms with E-state index in [1.165, 1.54) is 29.2 Å². The van der Waals surface area contributed by atoms with Gasteiger partial charge in [0, 0.05) is 12.4 Å². The third-order valence-corrected chi connectivity index (χ3v) is 4.53. The average molecular weight is 348 g/mol. The predicted molar refractivity (Wildman–Crippen MR) is 84.3 cm³/mol. The Hall–Kier alpha value is -2.74. The van der Waals surface area contributed by atoms with Crippen LogP contribution in [-0.4, -0.2) is 18.2 Å². The highest BCUT2D eigenvalue weighted by Crippen LogP contribution is 2.27. The lowest BCUT2D eigenvalue weighted by atomic mass is 10.2. The van der Waals surface area contributed by atoms with Gasteiger partial charge in [0.05, 0.1) is 11.4 Å². The molecule has 0 aliphatic rings. The van der Waals surface area contributed by atoms with Crippen LogP contribution in [-0.2, 0) is 16.6 Å². The normalized spacial score (nSPS) is 11.4. The SMILES string of the molecule is O=S(=O)([N-]c1cnn(Cc2ccc(F)cc2)c1)c1ccc(F)cc1. The van der Waals surface area contributed by atoms with E-state index < -0.39 is 15.8 Å². The summed E-state index contributed by atoms with van der Waals surface area (Å²) in [5.41, 5.74) is 0.967. The van der Waals surface area contributed by atoms with E-state index in [1.807, 2.05) is 0 Å². The number of benzene rings is 2. The molecule has 0 unspecified atom stereocenters. The molecule has 0 spiro atoms. The van der Waals surface area contributed by atoms with E-state index >= 15 is 0 Å². The molecule has 0 saturated carbocycles. The Kier molecular flexibility index (Phi) is 4.30. The van der Waals surface area contributed by atoms with Crippen molar-refractivity contribution in [2.24, 2.45) is 0 Å². The molecule has 0 saturated heterocycles. The second-order valence-corrected chi connectivity index (χ2v) is 6.65. The van der Waals surface area contributed by atoms with Gasteiger partial charge in [-0.05, 0) is 42.0 Å². The van der Waals surface area contributed by atoms with Gasteiger partial charge < -0.3 is 4.72 Å². The van der Waals surface area contributed by atoms with Crippen LogP contribution in [0, 0.1) is 11.6 Å². The highest BCUT2D eigenvalue weighted by atomic mass is 32.2. The van der Waals surface area contributed by atoms with E-state index in [1.54, 1.807) is 12.1 Å². The number of nitrogens with zero attached hydrogens (tertiary/aromatic N) is 3. The van der Waals surface area contributed by atoms with E-state index in [9.17, 15) is 17.2 Å². The number of hydrogen-bond donors (Lipinski definition) is 0. The Morgan fingerprint density at radius 3 is 2.17 bits per heavy atom. The molecule has 5 nitrogen and oxygen atoms in total. The van der Waals surface area contributed by atoms with E-state index in [4.69, 9.17) is 0 Å². The third kappa shape index (κ3) is 3.77. The fourth-order valence-corrected chi connectivity index (χ4v) is 3.02. The maximum atomic E-state index is 12.9. The fraction of sp³-hybridized carbons (Fsp3) is 0.0625. The Bertz CT molecular complexity index is 936. The number of hydrogen-bond acceptors (Lipinski definition) is 3. The van der Waals surface area contributed by atoms with E-state index in [-0.39, 0.29) is 16.4 Å². The first kappa shape index (κ1) is 16.1. The molecule has 0 N–H and O–H groups in total. The maximum absolute atomic E-state index is 12.9. The van der Waals surface area contributed by atoms with Crippen molar-refractivity contribution < 1.29 is 17.2 Å². The molecular formula is C16H12F2N3O2S-. The van der Waals surface area contributed by atoms with Crippen LogP contribution in [0.15, 0.2) is 65.8 Å². The van der Waals surface area contributed by atoms with E-state index in [0.717, 1.165) is 29.8 Å². The summed E-state index contributed by atoms with van der Waals surface area (Å²) < 4.78 is 55.2. The lowest BCUT2D eigenvalue weighted by molar-refractivity contribution is 0.601. The van der Waals surface area contributed by atoms with Crippen LogP contribution < -0.4 is 0 Å². The number of rotatable bonds is 5. The van der Waals surface area contributed by atoms with Crippen LogP contribution in [0.2, 0.25) is 0 Å². The highest BCUT2D eigenvalue weighted by Gasteiger charge is 2.06. The molecule has 0 atom stereocenters. The standard InChI is InChI=1S/C16H12F2N3O2S/c17-13-3-1-12(2-4-13)10-21-11-15(9-19-21)20-24(22,23)16-7-5-14(18)6-8-16/h1-9,11H,10H2/q-1. The molecule has 0 bridgehead atoms. The Balaban J connectivity index is 1.73. The molecule has 1 heterocycles. The van der Waals surface area contributed by atoms with Gasteiger partial charge in [-0.1, -0.05) is 17.8 Å². The van der Waals surface area contributed by atoms with Crippen LogP contribution >= 0.6 is 0 Å². The molecule has 0 amide bonds. The largest absolute Gasteiger partial charge is 0.570 e. The summed E-state index contributed by atoms with van der Waals surface area (Å²) in [5, 5.41) is 4.03. The van der Waals surface area contributed by atoms with Gasteiger partial charge in [-0.3, -0.25) is 4.68 Å². The van der Waals surface area contributed by atoms with Crippen molar-refractivity contribution in [1.29, 1.82) is 0 Å². The summed E-state index contributed by atoms with van der Waals surface area (Å²) >= 11 is 0. The molecule has 0 aliphatic carbocycles. The van der Waals surface area contributed by atoms with E-state index in [0.29, 0.717) is 6.54 Å². The van der Waals surface area contributed by atoms with Crippen LogP contribution in [0.1, 0.15) is 5.56 Å². The summed E-state index contributed by atoms with van der Waals surface area (Å²) in [6.45, 7) is 0.354. The topological polar surface area (TPSA) is 66.1 Å². The summed E-state index contributed by atoms with van der Waals surface area (Å²) in [4.78, 5) is -0.102. The first-order chi connectivity index (χ1) is 11.4. The quantitative estimate of drug-likeness (QED) is 0.707. The predicted octanol–water partition coefficient (Wildman–Crippen LogP) is 3.60. The smallest absolute Gasteiger partial charge is 0.123 e. The Morgan fingerprint density at radius 2 is 1.54 bits per heavy atom. The zero-order valence-corrected chi connectivity index (χ0v) is 13.1. The van der Waals surface area contributed by atoms with Crippen molar-refractivity contribution in [1.82, 2.24) is 9.78 Å². The van der Waals surface area contributed by atoms with Crippen LogP contribution in [0.25, 0.3) is 4.72 Å². The minimum absolute atomic E-state index is 0.102. The minimum Gasteiger partial charge on any atom is -0.570 e. The minimum atomic E-state index is -3.94. The number of sulfonamides is 1. The second-order valence-electron chi connectivity index (χ2n) is 5.04. The summed E-state index contributed by atoms with van der Waals surface area (Å²) in [5.74, 6) is -0.860. The molecule has 24 heavy (non-hydrogen) atoms. The zero-order valence-electron chi connectivity index (χ0n) is 12.3. The van der Waals surface area contributed by atoms with Crippen molar-refractivity contribution in [3.8, 4) is 0 Å². The average Bonchev–Trinajstić information content (AvgIpc) is 2.96. The van der Waals surface area contributed by atoms with Gasteiger partial charge in [0.2, 0.25) is 0 Å². The lowest BCUT2D eigenvalue weighted by Gasteiger charge is -2.19. The molecule has 124 valence electrons. The first-order valence-corrected chi connectivity index (χ1v) is 8.37. The number of halogens is 2. The second kappa shape index (κ2) is 6.40. The van der Waals surface area contributed by atoms with E-state index in [2.05, 4.69) is 9.82 Å². The van der Waals surface area contributed by atoms with Crippen LogP contribution in [0.3, 0.4) is 0 Å². The molecule has 0 fully saturated rings. The molecule has 3 rings (SSSR count). The Morgan fingerprint density at radius 1 is 0.958 bits per heavy atom. The Labute approximate surface area is 137 Å². The lowest BCUT2D eigenvalue weighted by Crippen LogP contribution is -1.99. The molecule has 0 aliphatic heterocycles.